The first-order valence-corrected chi connectivity index (χ1v) is 14.4. The minimum absolute atomic E-state index is 0.519. The lowest BCUT2D eigenvalue weighted by Gasteiger charge is -2.30. The Bertz CT molecular complexity index is 364. The van der Waals surface area contributed by atoms with Gasteiger partial charge in [0.15, 0.2) is 18.9 Å². The average molecular weight is 483 g/mol. The maximum Gasteiger partial charge on any atom is 0.481 e. The zero-order valence-electron chi connectivity index (χ0n) is 21.6. The van der Waals surface area contributed by atoms with Crippen molar-refractivity contribution in [3.63, 3.8) is 0 Å². The second-order valence-corrected chi connectivity index (χ2v) is 9.62. The van der Waals surface area contributed by atoms with Crippen molar-refractivity contribution in [3.8, 4) is 0 Å². The highest BCUT2D eigenvalue weighted by Gasteiger charge is 2.38. The lowest BCUT2D eigenvalue weighted by Crippen LogP contribution is -2.26. The fourth-order valence-electron chi connectivity index (χ4n) is 2.87. The Morgan fingerprint density at radius 3 is 1.00 bits per heavy atom. The fourth-order valence-corrected chi connectivity index (χ4v) is 4.38. The molecule has 0 spiro atoms. The summed E-state index contributed by atoms with van der Waals surface area (Å²) >= 11 is 0. The lowest BCUT2D eigenvalue weighted by molar-refractivity contribution is -0.164. The monoisotopic (exact) mass is 482 g/mol. The van der Waals surface area contributed by atoms with Crippen LogP contribution >= 0.6 is 7.82 Å². The highest BCUT2D eigenvalue weighted by Crippen LogP contribution is 2.54. The van der Waals surface area contributed by atoms with Gasteiger partial charge in [-0.1, -0.05) is 60.8 Å². The molecule has 8 heteroatoms. The normalized spacial score (nSPS) is 16.6. The van der Waals surface area contributed by atoms with E-state index in [4.69, 9.17) is 27.8 Å². The van der Waals surface area contributed by atoms with Gasteiger partial charge >= 0.3 is 7.82 Å². The van der Waals surface area contributed by atoms with Crippen molar-refractivity contribution in [1.29, 1.82) is 0 Å². The van der Waals surface area contributed by atoms with Crippen LogP contribution in [0.5, 0.6) is 0 Å². The van der Waals surface area contributed by atoms with Crippen molar-refractivity contribution in [2.45, 2.75) is 137 Å². The van der Waals surface area contributed by atoms with Crippen molar-refractivity contribution in [3.05, 3.63) is 0 Å². The molecule has 0 fully saturated rings. The van der Waals surface area contributed by atoms with Gasteiger partial charge in [0.05, 0.1) is 0 Å². The highest BCUT2D eigenvalue weighted by molar-refractivity contribution is 7.48. The molecule has 0 amide bonds. The molecule has 0 aromatic rings. The molecule has 0 aromatic carbocycles. The summed E-state index contributed by atoms with van der Waals surface area (Å²) in [4.78, 5) is 0. The zero-order valence-corrected chi connectivity index (χ0v) is 22.5. The second kappa shape index (κ2) is 21.5. The Kier molecular flexibility index (Phi) is 21.5. The van der Waals surface area contributed by atoms with Gasteiger partial charge in [-0.05, 0) is 57.8 Å². The minimum atomic E-state index is -4.00. The van der Waals surface area contributed by atoms with E-state index in [1.807, 2.05) is 20.8 Å². The summed E-state index contributed by atoms with van der Waals surface area (Å²) in [6.07, 6.45) is 8.07. The van der Waals surface area contributed by atoms with Gasteiger partial charge in [0.25, 0.3) is 0 Å². The summed E-state index contributed by atoms with van der Waals surface area (Å²) in [6, 6.07) is 0. The van der Waals surface area contributed by atoms with Crippen molar-refractivity contribution < 1.29 is 32.3 Å². The van der Waals surface area contributed by atoms with E-state index in [9.17, 15) is 4.57 Å². The molecule has 7 nitrogen and oxygen atoms in total. The predicted octanol–water partition coefficient (Wildman–Crippen LogP) is 7.97. The van der Waals surface area contributed by atoms with E-state index >= 15 is 0 Å². The molecule has 0 rings (SSSR count). The number of phosphoric acid groups is 1. The molecular formula is C24H51O7P. The minimum Gasteiger partial charge on any atom is -0.352 e. The topological polar surface area (TPSA) is 72.5 Å². The number of unbranched alkanes of at least 4 members (excludes halogenated alkanes) is 3. The molecule has 0 saturated carbocycles. The first-order chi connectivity index (χ1) is 15.5. The first-order valence-electron chi connectivity index (χ1n) is 13.0. The smallest absolute Gasteiger partial charge is 0.352 e. The third-order valence-corrected chi connectivity index (χ3v) is 6.12. The van der Waals surface area contributed by atoms with Crippen LogP contribution < -0.4 is 0 Å². The van der Waals surface area contributed by atoms with Gasteiger partial charge in [-0.15, -0.1) is 0 Å². The quantitative estimate of drug-likeness (QED) is 0.102. The van der Waals surface area contributed by atoms with Crippen LogP contribution in [0.15, 0.2) is 0 Å². The highest BCUT2D eigenvalue weighted by atomic mass is 31.2. The first kappa shape index (κ1) is 32.0. The van der Waals surface area contributed by atoms with Crippen LogP contribution in [0.4, 0.5) is 0 Å². The Morgan fingerprint density at radius 2 is 0.781 bits per heavy atom. The molecule has 3 unspecified atom stereocenters. The fraction of sp³-hybridized carbons (Fsp3) is 1.00. The molecule has 0 aliphatic rings. The van der Waals surface area contributed by atoms with Crippen LogP contribution in [0.2, 0.25) is 0 Å². The Hall–Kier alpha value is -0.0100. The van der Waals surface area contributed by atoms with Gasteiger partial charge in [0.1, 0.15) is 0 Å². The van der Waals surface area contributed by atoms with Crippen molar-refractivity contribution in [2.75, 3.05) is 19.8 Å². The van der Waals surface area contributed by atoms with Crippen molar-refractivity contribution >= 4 is 7.82 Å². The molecule has 0 N–H and O–H groups in total. The number of rotatable bonds is 24. The van der Waals surface area contributed by atoms with E-state index in [0.29, 0.717) is 39.1 Å². The van der Waals surface area contributed by atoms with Crippen LogP contribution in [0, 0.1) is 0 Å². The van der Waals surface area contributed by atoms with Gasteiger partial charge in [-0.2, -0.15) is 0 Å². The number of hydrogen-bond donors (Lipinski definition) is 0. The maximum atomic E-state index is 13.9. The Labute approximate surface area is 197 Å². The largest absolute Gasteiger partial charge is 0.481 e. The van der Waals surface area contributed by atoms with E-state index in [2.05, 4.69) is 20.8 Å². The number of hydrogen-bond acceptors (Lipinski definition) is 7. The summed E-state index contributed by atoms with van der Waals surface area (Å²) in [5, 5.41) is 0. The van der Waals surface area contributed by atoms with E-state index in [-0.39, 0.29) is 0 Å². The molecule has 0 heterocycles. The molecule has 0 bridgehead atoms. The van der Waals surface area contributed by atoms with Crippen LogP contribution in [0.25, 0.3) is 0 Å². The molecule has 0 saturated heterocycles. The summed E-state index contributed by atoms with van der Waals surface area (Å²) in [5.74, 6) is 0. The van der Waals surface area contributed by atoms with Gasteiger partial charge in [0, 0.05) is 19.8 Å². The Morgan fingerprint density at radius 1 is 0.500 bits per heavy atom. The molecule has 0 aromatic heterocycles. The molecule has 0 aliphatic carbocycles. The van der Waals surface area contributed by atoms with E-state index in [1.165, 1.54) is 0 Å². The zero-order chi connectivity index (χ0) is 24.1. The van der Waals surface area contributed by atoms with E-state index in [1.54, 1.807) is 0 Å². The van der Waals surface area contributed by atoms with Crippen molar-refractivity contribution in [1.82, 2.24) is 0 Å². The molecular weight excluding hydrogens is 431 g/mol. The van der Waals surface area contributed by atoms with Gasteiger partial charge < -0.3 is 14.2 Å². The van der Waals surface area contributed by atoms with Crippen LogP contribution in [0.1, 0.15) is 119 Å². The van der Waals surface area contributed by atoms with Crippen LogP contribution in [-0.2, 0) is 32.3 Å². The molecule has 194 valence electrons. The van der Waals surface area contributed by atoms with E-state index in [0.717, 1.165) is 57.8 Å². The Balaban J connectivity index is 5.60. The molecule has 3 atom stereocenters. The maximum absolute atomic E-state index is 13.9. The van der Waals surface area contributed by atoms with Gasteiger partial charge in [-0.3, -0.25) is 13.6 Å². The van der Waals surface area contributed by atoms with E-state index < -0.39 is 26.7 Å². The SMILES string of the molecule is CCCCC(OCCC)OP(=O)(OC(CCCC)OCCC)OC(CCCC)OCCC. The summed E-state index contributed by atoms with van der Waals surface area (Å²) in [7, 11) is -4.00. The number of phosphoric ester groups is 1. The van der Waals surface area contributed by atoms with Crippen molar-refractivity contribution in [2.24, 2.45) is 0 Å². The summed E-state index contributed by atoms with van der Waals surface area (Å²) < 4.78 is 49.3. The average Bonchev–Trinajstić information content (AvgIpc) is 2.79. The van der Waals surface area contributed by atoms with Gasteiger partial charge in [-0.25, -0.2) is 4.57 Å². The summed E-state index contributed by atoms with van der Waals surface area (Å²) in [6.45, 7) is 13.9. The van der Waals surface area contributed by atoms with Gasteiger partial charge in [0.2, 0.25) is 0 Å². The standard InChI is InChI=1S/C24H51O7P/c1-7-13-16-22(26-19-10-4)29-32(25,30-23(17-14-8-2)27-20-11-5)31-24(18-15-9-3)28-21-12-6/h22-24H,7-21H2,1-6H3. The molecule has 0 radical (unpaired) electrons. The summed E-state index contributed by atoms with van der Waals surface area (Å²) in [5.41, 5.74) is 0. The third-order valence-electron chi connectivity index (χ3n) is 4.64. The molecule has 0 aliphatic heterocycles. The van der Waals surface area contributed by atoms with Crippen LogP contribution in [0.3, 0.4) is 0 Å². The predicted molar refractivity (Wildman–Crippen MR) is 130 cm³/mol. The lowest BCUT2D eigenvalue weighted by atomic mass is 10.2. The number of ether oxygens (including phenoxy) is 3. The van der Waals surface area contributed by atoms with Crippen LogP contribution in [-0.4, -0.2) is 38.7 Å². The third kappa shape index (κ3) is 16.6. The second-order valence-electron chi connectivity index (χ2n) is 8.09. The molecule has 32 heavy (non-hydrogen) atoms.